The molecule has 0 aliphatic carbocycles. The molecule has 82 valence electrons. The van der Waals surface area contributed by atoms with Crippen LogP contribution in [0.4, 0.5) is 5.82 Å². The zero-order valence-electron chi connectivity index (χ0n) is 7.87. The number of nitrogen functional groups attached to an aromatic ring is 1. The zero-order chi connectivity index (χ0) is 10.8. The van der Waals surface area contributed by atoms with E-state index in [1.54, 1.807) is 12.3 Å². The number of aliphatic hydroxyl groups is 1. The minimum Gasteiger partial charge on any atom is -0.393 e. The smallest absolute Gasteiger partial charge is 0.350 e. The van der Waals surface area contributed by atoms with Crippen LogP contribution in [-0.4, -0.2) is 33.3 Å². The van der Waals surface area contributed by atoms with E-state index >= 15 is 0 Å². The number of aromatic nitrogens is 2. The molecule has 1 aliphatic heterocycles. The van der Waals surface area contributed by atoms with Gasteiger partial charge in [-0.3, -0.25) is 4.57 Å². The average Bonchev–Trinajstić information content (AvgIpc) is 2.66. The third-order valence-electron chi connectivity index (χ3n) is 2.04. The minimum absolute atomic E-state index is 0.0572. The van der Waals surface area contributed by atoms with Gasteiger partial charge in [0.1, 0.15) is 16.6 Å². The molecule has 15 heavy (non-hydrogen) atoms. The van der Waals surface area contributed by atoms with Crippen LogP contribution in [0.1, 0.15) is 5.37 Å². The van der Waals surface area contributed by atoms with Crippen LogP contribution in [0.2, 0.25) is 0 Å². The van der Waals surface area contributed by atoms with Crippen molar-refractivity contribution in [3.63, 3.8) is 0 Å². The summed E-state index contributed by atoms with van der Waals surface area (Å²) in [6.07, 6.45) is 1.59. The van der Waals surface area contributed by atoms with E-state index in [-0.39, 0.29) is 23.2 Å². The number of aliphatic hydroxyl groups excluding tert-OH is 1. The Bertz CT molecular complexity index is 408. The molecular formula is C8H11N3O3S. The van der Waals surface area contributed by atoms with Crippen LogP contribution in [0.3, 0.4) is 0 Å². The van der Waals surface area contributed by atoms with Gasteiger partial charge in [-0.2, -0.15) is 4.98 Å². The highest BCUT2D eigenvalue weighted by Gasteiger charge is 2.27. The lowest BCUT2D eigenvalue weighted by Gasteiger charge is -2.10. The van der Waals surface area contributed by atoms with E-state index in [0.29, 0.717) is 6.61 Å². The number of hydrogen-bond donors (Lipinski definition) is 2. The second-order valence-corrected chi connectivity index (χ2v) is 4.42. The number of hydrogen-bond acceptors (Lipinski definition) is 6. The van der Waals surface area contributed by atoms with Crippen molar-refractivity contribution < 1.29 is 9.84 Å². The molecular weight excluding hydrogens is 218 g/mol. The summed E-state index contributed by atoms with van der Waals surface area (Å²) in [5.41, 5.74) is 4.72. The second-order valence-electron chi connectivity index (χ2n) is 3.08. The molecule has 7 heteroatoms. The van der Waals surface area contributed by atoms with Crippen LogP contribution in [0.15, 0.2) is 17.1 Å². The third kappa shape index (κ3) is 2.14. The predicted molar refractivity (Wildman–Crippen MR) is 56.4 cm³/mol. The number of rotatable bonds is 2. The number of ether oxygens (including phenoxy) is 1. The zero-order valence-corrected chi connectivity index (χ0v) is 8.68. The lowest BCUT2D eigenvalue weighted by Crippen LogP contribution is -2.26. The van der Waals surface area contributed by atoms with Crippen molar-refractivity contribution in [2.45, 2.75) is 10.8 Å². The molecule has 2 heterocycles. The lowest BCUT2D eigenvalue weighted by molar-refractivity contribution is 0.0803. The first-order valence-electron chi connectivity index (χ1n) is 4.43. The molecule has 1 aromatic rings. The molecule has 3 N–H and O–H groups in total. The average molecular weight is 229 g/mol. The molecule has 0 radical (unpaired) electrons. The fourth-order valence-electron chi connectivity index (χ4n) is 1.33. The van der Waals surface area contributed by atoms with Crippen molar-refractivity contribution in [3.05, 3.63) is 22.7 Å². The van der Waals surface area contributed by atoms with E-state index in [4.69, 9.17) is 15.6 Å². The maximum Gasteiger partial charge on any atom is 0.350 e. The van der Waals surface area contributed by atoms with Crippen molar-refractivity contribution >= 4 is 17.6 Å². The van der Waals surface area contributed by atoms with Crippen molar-refractivity contribution in [3.8, 4) is 0 Å². The van der Waals surface area contributed by atoms with Gasteiger partial charge in [0, 0.05) is 6.20 Å². The number of nitrogens with two attached hydrogens (primary N) is 1. The van der Waals surface area contributed by atoms with E-state index in [1.165, 1.54) is 16.3 Å². The maximum absolute atomic E-state index is 11.5. The van der Waals surface area contributed by atoms with Gasteiger partial charge in [0.15, 0.2) is 0 Å². The summed E-state index contributed by atoms with van der Waals surface area (Å²) in [7, 11) is 0. The molecule has 0 saturated carbocycles. The minimum atomic E-state index is -0.394. The van der Waals surface area contributed by atoms with Gasteiger partial charge in [0.25, 0.3) is 0 Å². The first-order valence-corrected chi connectivity index (χ1v) is 5.37. The molecule has 1 aliphatic rings. The lowest BCUT2D eigenvalue weighted by atomic mass is 10.5. The Morgan fingerprint density at radius 2 is 2.60 bits per heavy atom. The van der Waals surface area contributed by atoms with Crippen molar-refractivity contribution in [2.75, 3.05) is 18.9 Å². The molecule has 6 nitrogen and oxygen atoms in total. The Balaban J connectivity index is 2.20. The maximum atomic E-state index is 11.5. The van der Waals surface area contributed by atoms with Gasteiger partial charge in [-0.1, -0.05) is 0 Å². The van der Waals surface area contributed by atoms with Crippen LogP contribution in [0.25, 0.3) is 0 Å². The van der Waals surface area contributed by atoms with Gasteiger partial charge in [-0.25, -0.2) is 4.79 Å². The molecule has 0 spiro atoms. The SMILES string of the molecule is Nc1ccn(C2CO[C@H](CO)S2)c(=O)n1. The van der Waals surface area contributed by atoms with Gasteiger partial charge in [0.05, 0.1) is 13.2 Å². The van der Waals surface area contributed by atoms with E-state index in [2.05, 4.69) is 4.98 Å². The van der Waals surface area contributed by atoms with Crippen LogP contribution in [0, 0.1) is 0 Å². The second kappa shape index (κ2) is 4.21. The van der Waals surface area contributed by atoms with Crippen LogP contribution >= 0.6 is 11.8 Å². The molecule has 1 unspecified atom stereocenters. The molecule has 1 saturated heterocycles. The molecule has 0 aromatic carbocycles. The molecule has 1 fully saturated rings. The third-order valence-corrected chi connectivity index (χ3v) is 3.31. The Labute approximate surface area is 90.1 Å². The van der Waals surface area contributed by atoms with Gasteiger partial charge < -0.3 is 15.6 Å². The van der Waals surface area contributed by atoms with Crippen LogP contribution < -0.4 is 11.4 Å². The van der Waals surface area contributed by atoms with Crippen molar-refractivity contribution in [1.82, 2.24) is 9.55 Å². The largest absolute Gasteiger partial charge is 0.393 e. The fourth-order valence-corrected chi connectivity index (χ4v) is 2.37. The Kier molecular flexibility index (Phi) is 2.94. The fraction of sp³-hybridized carbons (Fsp3) is 0.500. The Morgan fingerprint density at radius 1 is 1.80 bits per heavy atom. The standard InChI is InChI=1S/C8H11N3O3S/c9-5-1-2-11(8(13)10-5)6-4-14-7(3-12)15-6/h1-2,6-7,12H,3-4H2,(H2,9,10,13)/t6?,7-/m0/s1. The highest BCUT2D eigenvalue weighted by Crippen LogP contribution is 2.34. The Morgan fingerprint density at radius 3 is 3.20 bits per heavy atom. The summed E-state index contributed by atoms with van der Waals surface area (Å²) in [6.45, 7) is 0.333. The summed E-state index contributed by atoms with van der Waals surface area (Å²) >= 11 is 1.39. The predicted octanol–water partition coefficient (Wildman–Crippen LogP) is -0.594. The normalized spacial score (nSPS) is 25.7. The summed E-state index contributed by atoms with van der Waals surface area (Å²) < 4.78 is 6.70. The summed E-state index contributed by atoms with van der Waals surface area (Å²) in [5.74, 6) is 0.207. The number of anilines is 1. The van der Waals surface area contributed by atoms with E-state index in [9.17, 15) is 4.79 Å². The highest BCUT2D eigenvalue weighted by molar-refractivity contribution is 8.00. The van der Waals surface area contributed by atoms with Crippen LogP contribution in [-0.2, 0) is 4.74 Å². The van der Waals surface area contributed by atoms with Gasteiger partial charge in [-0.05, 0) is 6.07 Å². The van der Waals surface area contributed by atoms with Crippen molar-refractivity contribution in [2.24, 2.45) is 0 Å². The molecule has 1 aromatic heterocycles. The molecule has 0 amide bonds. The van der Waals surface area contributed by atoms with E-state index < -0.39 is 5.69 Å². The van der Waals surface area contributed by atoms with Crippen LogP contribution in [0.5, 0.6) is 0 Å². The first-order chi connectivity index (χ1) is 7.20. The topological polar surface area (TPSA) is 90.4 Å². The summed E-state index contributed by atoms with van der Waals surface area (Å²) in [5, 5.41) is 8.74. The van der Waals surface area contributed by atoms with Crippen molar-refractivity contribution in [1.29, 1.82) is 0 Å². The number of nitrogens with zero attached hydrogens (tertiary/aromatic N) is 2. The monoisotopic (exact) mass is 229 g/mol. The molecule has 2 rings (SSSR count). The number of thioether (sulfide) groups is 1. The molecule has 2 atom stereocenters. The quantitative estimate of drug-likeness (QED) is 0.704. The highest BCUT2D eigenvalue weighted by atomic mass is 32.2. The summed E-state index contributed by atoms with van der Waals surface area (Å²) in [6, 6.07) is 1.56. The Hall–Kier alpha value is -1.05. The van der Waals surface area contributed by atoms with E-state index in [0.717, 1.165) is 0 Å². The van der Waals surface area contributed by atoms with Gasteiger partial charge in [-0.15, -0.1) is 11.8 Å². The van der Waals surface area contributed by atoms with Gasteiger partial charge in [0.2, 0.25) is 0 Å². The van der Waals surface area contributed by atoms with Gasteiger partial charge >= 0.3 is 5.69 Å². The van der Waals surface area contributed by atoms with E-state index in [1.807, 2.05) is 0 Å². The molecule has 0 bridgehead atoms. The summed E-state index contributed by atoms with van der Waals surface area (Å²) in [4.78, 5) is 15.1. The first kappa shape index (κ1) is 10.5.